The quantitative estimate of drug-likeness (QED) is 0.548. The Kier molecular flexibility index (Phi) is 7.83. The third-order valence-corrected chi connectivity index (χ3v) is 6.01. The zero-order valence-corrected chi connectivity index (χ0v) is 20.4. The fourth-order valence-corrected chi connectivity index (χ4v) is 4.25. The van der Waals surface area contributed by atoms with E-state index in [0.717, 1.165) is 16.9 Å². The number of aromatic nitrogens is 1. The summed E-state index contributed by atoms with van der Waals surface area (Å²) in [5.74, 6) is -1.62. The zero-order chi connectivity index (χ0) is 24.9. The van der Waals surface area contributed by atoms with Gasteiger partial charge in [-0.1, -0.05) is 51.1 Å². The zero-order valence-electron chi connectivity index (χ0n) is 19.6. The molecule has 0 unspecified atom stereocenters. The van der Waals surface area contributed by atoms with Gasteiger partial charge in [0, 0.05) is 5.69 Å². The number of esters is 1. The molecule has 0 saturated heterocycles. The summed E-state index contributed by atoms with van der Waals surface area (Å²) < 4.78 is 20.3. The van der Waals surface area contributed by atoms with Crippen LogP contribution in [-0.2, 0) is 26.3 Å². The number of hydrogen-bond donors (Lipinski definition) is 1. The lowest BCUT2D eigenvalue weighted by Gasteiger charge is -2.18. The van der Waals surface area contributed by atoms with Crippen LogP contribution < -0.4 is 20.1 Å². The fraction of sp³-hybridized carbons (Fsp3) is 0.269. The number of halogens is 1. The first-order valence-electron chi connectivity index (χ1n) is 10.8. The highest BCUT2D eigenvalue weighted by Crippen LogP contribution is 2.22. The summed E-state index contributed by atoms with van der Waals surface area (Å²) in [5, 5.41) is 2.57. The highest BCUT2D eigenvalue weighted by Gasteiger charge is 2.14. The molecule has 34 heavy (non-hydrogen) atoms. The molecule has 3 rings (SSSR count). The Morgan fingerprint density at radius 3 is 2.47 bits per heavy atom. The van der Waals surface area contributed by atoms with Crippen LogP contribution in [0.15, 0.2) is 53.3 Å². The van der Waals surface area contributed by atoms with Crippen LogP contribution in [0, 0.1) is 5.82 Å². The van der Waals surface area contributed by atoms with Crippen LogP contribution in [-0.4, -0.2) is 23.1 Å². The molecule has 1 N–H and O–H groups in total. The lowest BCUT2D eigenvalue weighted by Crippen LogP contribution is -2.36. The molecule has 3 aromatic rings. The standard InChI is InChI=1S/C26H27FN2O4S/c1-5-33-24(31)15-23-29(16-22(30)28-20-8-6-7-19(27)14-20)25(32)21(34-23)13-17-9-11-18(12-10-17)26(2,3)4/h6-15H,5,16H2,1-4H3,(H,28,30)/b21-13-,23-15-. The normalized spacial score (nSPS) is 12.6. The molecule has 0 radical (unpaired) electrons. The van der Waals surface area contributed by atoms with Crippen LogP contribution >= 0.6 is 11.3 Å². The largest absolute Gasteiger partial charge is 0.463 e. The van der Waals surface area contributed by atoms with Gasteiger partial charge >= 0.3 is 5.97 Å². The van der Waals surface area contributed by atoms with Gasteiger partial charge in [0.25, 0.3) is 5.56 Å². The Balaban J connectivity index is 1.99. The van der Waals surface area contributed by atoms with Gasteiger partial charge in [-0.25, -0.2) is 9.18 Å². The van der Waals surface area contributed by atoms with Crippen LogP contribution in [0.5, 0.6) is 0 Å². The topological polar surface area (TPSA) is 77.4 Å². The summed E-state index contributed by atoms with van der Waals surface area (Å²) >= 11 is 1.09. The minimum Gasteiger partial charge on any atom is -0.463 e. The second kappa shape index (κ2) is 10.6. The Labute approximate surface area is 201 Å². The molecule has 0 fully saturated rings. The summed E-state index contributed by atoms with van der Waals surface area (Å²) in [4.78, 5) is 37.8. The highest BCUT2D eigenvalue weighted by atomic mass is 32.1. The average molecular weight is 483 g/mol. The third-order valence-electron chi connectivity index (χ3n) is 4.95. The van der Waals surface area contributed by atoms with E-state index in [1.165, 1.54) is 34.4 Å². The lowest BCUT2D eigenvalue weighted by atomic mass is 9.87. The number of carbonyl (C=O) groups is 2. The average Bonchev–Trinajstić information content (AvgIpc) is 3.02. The third kappa shape index (κ3) is 6.51. The molecule has 1 heterocycles. The molecule has 2 aromatic carbocycles. The van der Waals surface area contributed by atoms with Crippen LogP contribution in [0.25, 0.3) is 12.2 Å². The molecular formula is C26H27FN2O4S. The molecule has 0 aliphatic rings. The fourth-order valence-electron chi connectivity index (χ4n) is 3.22. The second-order valence-corrected chi connectivity index (χ2v) is 9.73. The summed E-state index contributed by atoms with van der Waals surface area (Å²) in [6, 6.07) is 13.3. The number of benzene rings is 2. The SMILES string of the molecule is CCOC(=O)/C=c1\s/c(=C\c2ccc(C(C)(C)C)cc2)c(=O)n1CC(=O)Nc1cccc(F)c1. The molecule has 8 heteroatoms. The van der Waals surface area contributed by atoms with Crippen LogP contribution in [0.4, 0.5) is 10.1 Å². The van der Waals surface area contributed by atoms with Crippen LogP contribution in [0.3, 0.4) is 0 Å². The van der Waals surface area contributed by atoms with Crippen molar-refractivity contribution in [1.82, 2.24) is 4.57 Å². The Hall–Kier alpha value is -3.52. The van der Waals surface area contributed by atoms with Crippen LogP contribution in [0.1, 0.15) is 38.8 Å². The lowest BCUT2D eigenvalue weighted by molar-refractivity contribution is -0.135. The molecule has 0 aliphatic carbocycles. The molecule has 0 saturated carbocycles. The number of rotatable bonds is 6. The minimum absolute atomic E-state index is 0.00494. The first kappa shape index (κ1) is 25.1. The van der Waals surface area contributed by atoms with Gasteiger partial charge in [0.1, 0.15) is 17.0 Å². The summed E-state index contributed by atoms with van der Waals surface area (Å²) in [6.07, 6.45) is 2.92. The van der Waals surface area contributed by atoms with Crippen LogP contribution in [0.2, 0.25) is 0 Å². The van der Waals surface area contributed by atoms with Crippen molar-refractivity contribution in [3.8, 4) is 0 Å². The van der Waals surface area contributed by atoms with E-state index in [2.05, 4.69) is 26.1 Å². The van der Waals surface area contributed by atoms with E-state index in [0.29, 0.717) is 4.53 Å². The molecule has 0 bridgehead atoms. The van der Waals surface area contributed by atoms with Gasteiger partial charge in [0.2, 0.25) is 5.91 Å². The number of hydrogen-bond acceptors (Lipinski definition) is 5. The van der Waals surface area contributed by atoms with E-state index < -0.39 is 23.3 Å². The number of anilines is 1. The second-order valence-electron chi connectivity index (χ2n) is 8.67. The van der Waals surface area contributed by atoms with Gasteiger partial charge < -0.3 is 10.1 Å². The number of carbonyl (C=O) groups excluding carboxylic acids is 2. The Morgan fingerprint density at radius 2 is 1.85 bits per heavy atom. The summed E-state index contributed by atoms with van der Waals surface area (Å²) in [5.41, 5.74) is 1.86. The molecule has 0 atom stereocenters. The number of nitrogens with one attached hydrogen (secondary N) is 1. The van der Waals surface area contributed by atoms with Gasteiger partial charge in [-0.05, 0) is 47.7 Å². The molecule has 1 aromatic heterocycles. The van der Waals surface area contributed by atoms with E-state index in [9.17, 15) is 18.8 Å². The highest BCUT2D eigenvalue weighted by molar-refractivity contribution is 7.07. The van der Waals surface area contributed by atoms with E-state index >= 15 is 0 Å². The first-order chi connectivity index (χ1) is 16.1. The van der Waals surface area contributed by atoms with Crippen molar-refractivity contribution in [1.29, 1.82) is 0 Å². The molecule has 178 valence electrons. The van der Waals surface area contributed by atoms with Crippen molar-refractivity contribution in [2.24, 2.45) is 0 Å². The Morgan fingerprint density at radius 1 is 1.15 bits per heavy atom. The molecule has 1 amide bonds. The van der Waals surface area contributed by atoms with Crippen molar-refractivity contribution in [2.45, 2.75) is 39.7 Å². The number of amides is 1. The van der Waals surface area contributed by atoms with Gasteiger partial charge in [-0.15, -0.1) is 11.3 Å². The maximum Gasteiger partial charge on any atom is 0.333 e. The van der Waals surface area contributed by atoms with Gasteiger partial charge in [-0.2, -0.15) is 0 Å². The van der Waals surface area contributed by atoms with Crippen molar-refractivity contribution in [3.05, 3.63) is 85.0 Å². The maximum absolute atomic E-state index is 13.4. The van der Waals surface area contributed by atoms with Crippen molar-refractivity contribution < 1.29 is 18.7 Å². The van der Waals surface area contributed by atoms with Crippen molar-refractivity contribution >= 4 is 41.1 Å². The number of thiazole rings is 1. The predicted molar refractivity (Wildman–Crippen MR) is 133 cm³/mol. The van der Waals surface area contributed by atoms with Gasteiger partial charge in [0.15, 0.2) is 0 Å². The van der Waals surface area contributed by atoms with E-state index in [-0.39, 0.29) is 28.9 Å². The molecular weight excluding hydrogens is 455 g/mol. The monoisotopic (exact) mass is 482 g/mol. The maximum atomic E-state index is 13.4. The number of ether oxygens (including phenoxy) is 1. The van der Waals surface area contributed by atoms with Crippen molar-refractivity contribution in [3.63, 3.8) is 0 Å². The van der Waals surface area contributed by atoms with Crippen molar-refractivity contribution in [2.75, 3.05) is 11.9 Å². The summed E-state index contributed by atoms with van der Waals surface area (Å²) in [7, 11) is 0. The number of nitrogens with zero attached hydrogens (tertiary/aromatic N) is 1. The van der Waals surface area contributed by atoms with E-state index in [1.54, 1.807) is 19.1 Å². The van der Waals surface area contributed by atoms with Gasteiger partial charge in [-0.3, -0.25) is 14.2 Å². The smallest absolute Gasteiger partial charge is 0.333 e. The molecule has 0 aliphatic heterocycles. The summed E-state index contributed by atoms with van der Waals surface area (Å²) in [6.45, 7) is 7.89. The molecule has 6 nitrogen and oxygen atoms in total. The van der Waals surface area contributed by atoms with E-state index in [1.807, 2.05) is 24.3 Å². The van der Waals surface area contributed by atoms with Gasteiger partial charge in [0.05, 0.1) is 17.2 Å². The Bertz CT molecular complexity index is 1370. The van der Waals surface area contributed by atoms with E-state index in [4.69, 9.17) is 4.74 Å². The minimum atomic E-state index is -0.607. The molecule has 0 spiro atoms. The first-order valence-corrected chi connectivity index (χ1v) is 11.6. The predicted octanol–water partition coefficient (Wildman–Crippen LogP) is 3.16.